The first kappa shape index (κ1) is 18.3. The van der Waals surface area contributed by atoms with Gasteiger partial charge in [0, 0.05) is 28.7 Å². The van der Waals surface area contributed by atoms with Crippen LogP contribution in [-0.4, -0.2) is 24.6 Å². The molecule has 6 heteroatoms. The van der Waals surface area contributed by atoms with E-state index in [1.165, 1.54) is 0 Å². The third-order valence-electron chi connectivity index (χ3n) is 3.12. The largest absolute Gasteiger partial charge is 0.491 e. The van der Waals surface area contributed by atoms with Crippen LogP contribution in [0.25, 0.3) is 0 Å². The summed E-state index contributed by atoms with van der Waals surface area (Å²) < 4.78 is 6.55. The molecule has 0 saturated carbocycles. The smallest absolute Gasteiger partial charge is 0.225 e. The molecule has 1 aromatic carbocycles. The molecular formula is C15H22BrClN2O2. The summed E-state index contributed by atoms with van der Waals surface area (Å²) >= 11 is 3.44. The van der Waals surface area contributed by atoms with Gasteiger partial charge in [-0.1, -0.05) is 15.9 Å². The van der Waals surface area contributed by atoms with Crippen molar-refractivity contribution in [3.63, 3.8) is 0 Å². The minimum absolute atomic E-state index is 0. The van der Waals surface area contributed by atoms with Crippen LogP contribution in [-0.2, 0) is 4.79 Å². The first-order valence-corrected chi connectivity index (χ1v) is 7.82. The molecule has 1 atom stereocenters. The van der Waals surface area contributed by atoms with E-state index < -0.39 is 0 Å². The Kier molecular flexibility index (Phi) is 7.49. The predicted molar refractivity (Wildman–Crippen MR) is 91.4 cm³/mol. The number of benzene rings is 1. The summed E-state index contributed by atoms with van der Waals surface area (Å²) in [5, 5.41) is 6.26. The average Bonchev–Trinajstić information content (AvgIpc) is 2.79. The van der Waals surface area contributed by atoms with Crippen molar-refractivity contribution in [1.29, 1.82) is 0 Å². The van der Waals surface area contributed by atoms with Gasteiger partial charge in [0.15, 0.2) is 0 Å². The molecule has 1 saturated heterocycles. The summed E-state index contributed by atoms with van der Waals surface area (Å²) in [7, 11) is 0. The van der Waals surface area contributed by atoms with Crippen LogP contribution in [0.2, 0.25) is 0 Å². The van der Waals surface area contributed by atoms with Gasteiger partial charge in [0.05, 0.1) is 6.10 Å². The molecule has 0 radical (unpaired) electrons. The quantitative estimate of drug-likeness (QED) is 0.822. The normalized spacial score (nSPS) is 17.4. The molecule has 1 aliphatic heterocycles. The Balaban J connectivity index is 0.00000220. The molecule has 1 fully saturated rings. The Morgan fingerprint density at radius 3 is 2.86 bits per heavy atom. The second-order valence-corrected chi connectivity index (χ2v) is 6.30. The summed E-state index contributed by atoms with van der Waals surface area (Å²) in [4.78, 5) is 12.0. The van der Waals surface area contributed by atoms with Gasteiger partial charge in [-0.05, 0) is 45.4 Å². The van der Waals surface area contributed by atoms with Gasteiger partial charge in [-0.3, -0.25) is 4.79 Å². The summed E-state index contributed by atoms with van der Waals surface area (Å²) in [6.07, 6.45) is 2.86. The number of anilines is 1. The fraction of sp³-hybridized carbons (Fsp3) is 0.533. The maximum absolute atomic E-state index is 12.0. The van der Waals surface area contributed by atoms with E-state index in [9.17, 15) is 4.79 Å². The molecule has 2 rings (SSSR count). The summed E-state index contributed by atoms with van der Waals surface area (Å²) in [6.45, 7) is 4.97. The summed E-state index contributed by atoms with van der Waals surface area (Å²) in [5.41, 5.74) is 0.762. The zero-order chi connectivity index (χ0) is 14.5. The van der Waals surface area contributed by atoms with Crippen molar-refractivity contribution in [1.82, 2.24) is 5.32 Å². The molecule has 1 unspecified atom stereocenters. The van der Waals surface area contributed by atoms with Gasteiger partial charge in [0.1, 0.15) is 5.75 Å². The first-order chi connectivity index (χ1) is 9.52. The van der Waals surface area contributed by atoms with E-state index in [-0.39, 0.29) is 24.4 Å². The van der Waals surface area contributed by atoms with E-state index in [0.717, 1.165) is 35.3 Å². The van der Waals surface area contributed by atoms with Gasteiger partial charge in [-0.25, -0.2) is 0 Å². The van der Waals surface area contributed by atoms with Crippen LogP contribution < -0.4 is 15.4 Å². The van der Waals surface area contributed by atoms with E-state index in [4.69, 9.17) is 4.74 Å². The predicted octanol–water partition coefficient (Wildman–Crippen LogP) is 3.74. The van der Waals surface area contributed by atoms with Crippen molar-refractivity contribution >= 4 is 39.9 Å². The molecule has 21 heavy (non-hydrogen) atoms. The first-order valence-electron chi connectivity index (χ1n) is 7.03. The maximum Gasteiger partial charge on any atom is 0.225 e. The molecule has 0 aromatic heterocycles. The second kappa shape index (κ2) is 8.61. The van der Waals surface area contributed by atoms with Gasteiger partial charge < -0.3 is 15.4 Å². The van der Waals surface area contributed by atoms with Crippen molar-refractivity contribution in [2.24, 2.45) is 0 Å². The molecule has 0 aliphatic carbocycles. The molecule has 1 amide bonds. The summed E-state index contributed by atoms with van der Waals surface area (Å²) in [6, 6.07) is 5.94. The molecule has 1 aliphatic rings. The van der Waals surface area contributed by atoms with E-state index >= 15 is 0 Å². The SMILES string of the molecule is CC(C)Oc1cc(Br)cc(NC(=O)CC2CCCN2)c1.Cl. The number of carbonyl (C=O) groups is 1. The van der Waals surface area contributed by atoms with Gasteiger partial charge in [0.2, 0.25) is 5.91 Å². The third-order valence-corrected chi connectivity index (χ3v) is 3.58. The Hall–Kier alpha value is -0.780. The van der Waals surface area contributed by atoms with Crippen LogP contribution in [0.4, 0.5) is 5.69 Å². The van der Waals surface area contributed by atoms with E-state index in [0.29, 0.717) is 12.5 Å². The number of amides is 1. The number of carbonyl (C=O) groups excluding carboxylic acids is 1. The number of halogens is 2. The van der Waals surface area contributed by atoms with Crippen molar-refractivity contribution in [3.8, 4) is 5.75 Å². The highest BCUT2D eigenvalue weighted by Gasteiger charge is 2.17. The number of hydrogen-bond acceptors (Lipinski definition) is 3. The van der Waals surface area contributed by atoms with Crippen LogP contribution >= 0.6 is 28.3 Å². The highest BCUT2D eigenvalue weighted by atomic mass is 79.9. The molecule has 1 aromatic rings. The van der Waals surface area contributed by atoms with Crippen LogP contribution in [0.1, 0.15) is 33.1 Å². The van der Waals surface area contributed by atoms with Gasteiger partial charge in [-0.2, -0.15) is 0 Å². The lowest BCUT2D eigenvalue weighted by atomic mass is 10.1. The van der Waals surface area contributed by atoms with Crippen molar-refractivity contribution in [2.45, 2.75) is 45.3 Å². The van der Waals surface area contributed by atoms with Crippen molar-refractivity contribution < 1.29 is 9.53 Å². The zero-order valence-corrected chi connectivity index (χ0v) is 14.7. The fourth-order valence-electron chi connectivity index (χ4n) is 2.34. The highest BCUT2D eigenvalue weighted by Crippen LogP contribution is 2.26. The van der Waals surface area contributed by atoms with Crippen LogP contribution in [0, 0.1) is 0 Å². The Morgan fingerprint density at radius 2 is 2.24 bits per heavy atom. The van der Waals surface area contributed by atoms with E-state index in [1.54, 1.807) is 0 Å². The van der Waals surface area contributed by atoms with Gasteiger partial charge in [-0.15, -0.1) is 12.4 Å². The molecule has 1 heterocycles. The Labute approximate surface area is 140 Å². The molecule has 4 nitrogen and oxygen atoms in total. The van der Waals surface area contributed by atoms with Gasteiger partial charge >= 0.3 is 0 Å². The lowest BCUT2D eigenvalue weighted by Gasteiger charge is -2.14. The minimum Gasteiger partial charge on any atom is -0.491 e. The van der Waals surface area contributed by atoms with Crippen LogP contribution in [0.5, 0.6) is 5.75 Å². The maximum atomic E-state index is 12.0. The van der Waals surface area contributed by atoms with Gasteiger partial charge in [0.25, 0.3) is 0 Å². The highest BCUT2D eigenvalue weighted by molar-refractivity contribution is 9.10. The van der Waals surface area contributed by atoms with Crippen LogP contribution in [0.15, 0.2) is 22.7 Å². The van der Waals surface area contributed by atoms with E-state index in [2.05, 4.69) is 26.6 Å². The molecule has 0 bridgehead atoms. The molecule has 118 valence electrons. The minimum atomic E-state index is 0. The lowest BCUT2D eigenvalue weighted by molar-refractivity contribution is -0.116. The molecular weight excluding hydrogens is 356 g/mol. The average molecular weight is 378 g/mol. The third kappa shape index (κ3) is 6.24. The lowest BCUT2D eigenvalue weighted by Crippen LogP contribution is -2.27. The number of nitrogens with one attached hydrogen (secondary N) is 2. The Bertz CT molecular complexity index is 477. The zero-order valence-electron chi connectivity index (χ0n) is 12.3. The summed E-state index contributed by atoms with van der Waals surface area (Å²) in [5.74, 6) is 0.793. The second-order valence-electron chi connectivity index (χ2n) is 5.39. The topological polar surface area (TPSA) is 50.4 Å². The molecule has 0 spiro atoms. The number of ether oxygens (including phenoxy) is 1. The van der Waals surface area contributed by atoms with Crippen molar-refractivity contribution in [2.75, 3.05) is 11.9 Å². The fourth-order valence-corrected chi connectivity index (χ4v) is 2.81. The number of hydrogen-bond donors (Lipinski definition) is 2. The standard InChI is InChI=1S/C15H21BrN2O2.ClH/c1-10(2)20-14-7-11(16)6-13(8-14)18-15(19)9-12-4-3-5-17-12;/h6-8,10,12,17H,3-5,9H2,1-2H3,(H,18,19);1H. The monoisotopic (exact) mass is 376 g/mol. The van der Waals surface area contributed by atoms with Crippen molar-refractivity contribution in [3.05, 3.63) is 22.7 Å². The Morgan fingerprint density at radius 1 is 1.48 bits per heavy atom. The van der Waals surface area contributed by atoms with Crippen LogP contribution in [0.3, 0.4) is 0 Å². The number of rotatable bonds is 5. The molecule has 2 N–H and O–H groups in total. The van der Waals surface area contributed by atoms with E-state index in [1.807, 2.05) is 32.0 Å².